The number of rotatable bonds is 0. The van der Waals surface area contributed by atoms with Gasteiger partial charge in [0.2, 0.25) is 0 Å². The molecule has 38 valence electrons. The molecule has 1 saturated heterocycles. The molecule has 1 N–H and O–H groups in total. The van der Waals surface area contributed by atoms with Gasteiger partial charge >= 0.3 is 0 Å². The fraction of sp³-hybridized carbons (Fsp3) is 1.00. The molecular formula is C3H9NOS. The Morgan fingerprint density at radius 1 is 1.83 bits per heavy atom. The zero-order chi connectivity index (χ0) is 4.41. The predicted octanol–water partition coefficient (Wildman–Crippen LogP) is -0.111. The summed E-state index contributed by atoms with van der Waals surface area (Å²) in [5.74, 6) is 0.847. The van der Waals surface area contributed by atoms with E-state index in [0.717, 1.165) is 18.7 Å². The van der Waals surface area contributed by atoms with Crippen LogP contribution in [0.25, 0.3) is 0 Å². The van der Waals surface area contributed by atoms with Crippen molar-refractivity contribution in [2.45, 2.75) is 6.42 Å². The van der Waals surface area contributed by atoms with Gasteiger partial charge < -0.3 is 0 Å². The van der Waals surface area contributed by atoms with Gasteiger partial charge in [-0.1, -0.05) is 0 Å². The normalized spacial score (nSPS) is 34.3. The standard InChI is InChI=1S/C3H7NOS.H2/c5-6-3-1-2-4-6;/h4H,1-3H2;1H. The Morgan fingerprint density at radius 2 is 2.67 bits per heavy atom. The molecule has 0 radical (unpaired) electrons. The average Bonchev–Trinajstić information content (AvgIpc) is 1.86. The van der Waals surface area contributed by atoms with Crippen molar-refractivity contribution < 1.29 is 5.64 Å². The van der Waals surface area contributed by atoms with Crippen LogP contribution in [0.1, 0.15) is 7.85 Å². The van der Waals surface area contributed by atoms with Crippen molar-refractivity contribution in [2.75, 3.05) is 12.3 Å². The lowest BCUT2D eigenvalue weighted by atomic mass is 10.5. The number of hydrogen-bond donors (Lipinski definition) is 1. The van der Waals surface area contributed by atoms with Gasteiger partial charge in [-0.3, -0.25) is 0 Å². The molecule has 1 heterocycles. The molecule has 1 fully saturated rings. The molecule has 1 rings (SSSR count). The van der Waals surface area contributed by atoms with Crippen LogP contribution < -0.4 is 4.72 Å². The molecule has 2 nitrogen and oxygen atoms in total. The van der Waals surface area contributed by atoms with Crippen LogP contribution in [0.15, 0.2) is 0 Å². The molecule has 1 atom stereocenters. The molecule has 0 aromatic rings. The molecule has 0 aliphatic carbocycles. The number of hydrogen-bond acceptors (Lipinski definition) is 1. The van der Waals surface area contributed by atoms with E-state index in [0.29, 0.717) is 0 Å². The molecular weight excluding hydrogens is 98.1 g/mol. The van der Waals surface area contributed by atoms with E-state index in [1.54, 1.807) is 0 Å². The topological polar surface area (TPSA) is 29.1 Å². The summed E-state index contributed by atoms with van der Waals surface area (Å²) in [5, 5.41) is 0. The van der Waals surface area contributed by atoms with Gasteiger partial charge in [0.25, 0.3) is 0 Å². The van der Waals surface area contributed by atoms with Crippen LogP contribution in [0.2, 0.25) is 0 Å². The monoisotopic (exact) mass is 107 g/mol. The minimum absolute atomic E-state index is 0. The lowest BCUT2D eigenvalue weighted by molar-refractivity contribution is 0.682. The first-order chi connectivity index (χ1) is 2.89. The third kappa shape index (κ3) is 0.786. The van der Waals surface area contributed by atoms with Crippen LogP contribution in [0.5, 0.6) is 0 Å². The molecule has 1 unspecified atom stereocenters. The maximum absolute atomic E-state index is 10.2. The van der Waals surface area contributed by atoms with Crippen LogP contribution in [0, 0.1) is 0 Å². The highest BCUT2D eigenvalue weighted by molar-refractivity contribution is 7.83. The Morgan fingerprint density at radius 3 is 2.83 bits per heavy atom. The minimum Gasteiger partial charge on any atom is -0.243 e. The van der Waals surface area contributed by atoms with E-state index in [9.17, 15) is 4.21 Å². The Hall–Kier alpha value is 0.110. The number of nitrogens with one attached hydrogen (secondary N) is 1. The van der Waals surface area contributed by atoms with Crippen molar-refractivity contribution in [3.63, 3.8) is 0 Å². The van der Waals surface area contributed by atoms with Crippen molar-refractivity contribution in [1.29, 1.82) is 0 Å². The van der Waals surface area contributed by atoms with Crippen molar-refractivity contribution in [2.24, 2.45) is 0 Å². The third-order valence-electron chi connectivity index (χ3n) is 0.770. The highest BCUT2D eigenvalue weighted by Crippen LogP contribution is 1.89. The molecule has 0 bridgehead atoms. The van der Waals surface area contributed by atoms with E-state index in [1.807, 2.05) is 0 Å². The third-order valence-corrected chi connectivity index (χ3v) is 1.96. The minimum atomic E-state index is -0.673. The van der Waals surface area contributed by atoms with Crippen LogP contribution in [0.3, 0.4) is 0 Å². The molecule has 6 heavy (non-hydrogen) atoms. The Balaban J connectivity index is 0.000000360. The van der Waals surface area contributed by atoms with Gasteiger partial charge in [0.05, 0.1) is 11.0 Å². The maximum atomic E-state index is 10.2. The first-order valence-electron chi connectivity index (χ1n) is 2.01. The summed E-state index contributed by atoms with van der Waals surface area (Å²) in [6.07, 6.45) is 1.08. The van der Waals surface area contributed by atoms with Crippen molar-refractivity contribution in [1.82, 2.24) is 4.72 Å². The second-order valence-electron chi connectivity index (χ2n) is 1.30. The van der Waals surface area contributed by atoms with Crippen molar-refractivity contribution in [3.8, 4) is 0 Å². The molecule has 0 amide bonds. The zero-order valence-electron chi connectivity index (χ0n) is 3.44. The summed E-state index contributed by atoms with van der Waals surface area (Å²) < 4.78 is 13.0. The van der Waals surface area contributed by atoms with E-state index >= 15 is 0 Å². The second-order valence-corrected chi connectivity index (χ2v) is 2.69. The Labute approximate surface area is 41.0 Å². The fourth-order valence-corrected chi connectivity index (χ4v) is 1.38. The second kappa shape index (κ2) is 1.71. The van der Waals surface area contributed by atoms with Crippen LogP contribution in [-0.4, -0.2) is 16.5 Å². The Kier molecular flexibility index (Phi) is 1.22. The first-order valence-corrected chi connectivity index (χ1v) is 3.33. The van der Waals surface area contributed by atoms with Gasteiger partial charge in [0.15, 0.2) is 0 Å². The SMILES string of the molecule is O=S1CCCN1.[HH]. The molecule has 1 aliphatic rings. The van der Waals surface area contributed by atoms with Crippen molar-refractivity contribution in [3.05, 3.63) is 0 Å². The van der Waals surface area contributed by atoms with Gasteiger partial charge in [0, 0.05) is 13.7 Å². The highest BCUT2D eigenvalue weighted by atomic mass is 32.2. The predicted molar refractivity (Wildman–Crippen MR) is 27.7 cm³/mol. The molecule has 0 aromatic carbocycles. The van der Waals surface area contributed by atoms with Crippen LogP contribution >= 0.6 is 0 Å². The van der Waals surface area contributed by atoms with E-state index < -0.39 is 11.0 Å². The summed E-state index contributed by atoms with van der Waals surface area (Å²) in [6.45, 7) is 0.937. The van der Waals surface area contributed by atoms with E-state index in [1.165, 1.54) is 0 Å². The lowest BCUT2D eigenvalue weighted by Gasteiger charge is -1.79. The van der Waals surface area contributed by atoms with Crippen LogP contribution in [-0.2, 0) is 11.0 Å². The summed E-state index contributed by atoms with van der Waals surface area (Å²) in [7, 11) is -0.673. The van der Waals surface area contributed by atoms with Crippen LogP contribution in [0.4, 0.5) is 0 Å². The maximum Gasteiger partial charge on any atom is 0.0915 e. The highest BCUT2D eigenvalue weighted by Gasteiger charge is 2.04. The van der Waals surface area contributed by atoms with Gasteiger partial charge in [-0.05, 0) is 6.42 Å². The van der Waals surface area contributed by atoms with Gasteiger partial charge in [0.1, 0.15) is 0 Å². The summed E-state index contributed by atoms with van der Waals surface area (Å²) in [6, 6.07) is 0. The summed E-state index contributed by atoms with van der Waals surface area (Å²) in [4.78, 5) is 0. The molecule has 0 spiro atoms. The summed E-state index contributed by atoms with van der Waals surface area (Å²) >= 11 is 0. The Bertz CT molecular complexity index is 69.3. The van der Waals surface area contributed by atoms with Gasteiger partial charge in [-0.2, -0.15) is 0 Å². The molecule has 1 aliphatic heterocycles. The smallest absolute Gasteiger partial charge is 0.0915 e. The van der Waals surface area contributed by atoms with E-state index in [4.69, 9.17) is 0 Å². The summed E-state index contributed by atoms with van der Waals surface area (Å²) in [5.41, 5.74) is 0. The van der Waals surface area contributed by atoms with E-state index in [2.05, 4.69) is 4.72 Å². The molecule has 0 aromatic heterocycles. The fourth-order valence-electron chi connectivity index (χ4n) is 0.461. The van der Waals surface area contributed by atoms with Gasteiger partial charge in [-0.15, -0.1) is 0 Å². The van der Waals surface area contributed by atoms with E-state index in [-0.39, 0.29) is 1.43 Å². The lowest BCUT2D eigenvalue weighted by Crippen LogP contribution is -2.07. The quantitative estimate of drug-likeness (QED) is 0.460. The molecule has 3 heteroatoms. The molecule has 0 saturated carbocycles. The average molecular weight is 107 g/mol. The van der Waals surface area contributed by atoms with Gasteiger partial charge in [-0.25, -0.2) is 8.93 Å². The largest absolute Gasteiger partial charge is 0.243 e. The first kappa shape index (κ1) is 4.27. The zero-order valence-corrected chi connectivity index (χ0v) is 4.25. The van der Waals surface area contributed by atoms with Crippen molar-refractivity contribution >= 4 is 11.0 Å².